The van der Waals surface area contributed by atoms with Crippen LogP contribution < -0.4 is 10.1 Å². The van der Waals surface area contributed by atoms with E-state index in [9.17, 15) is 9.18 Å². The van der Waals surface area contributed by atoms with Crippen molar-refractivity contribution in [1.29, 1.82) is 0 Å². The van der Waals surface area contributed by atoms with Crippen molar-refractivity contribution in [3.05, 3.63) is 77.9 Å². The van der Waals surface area contributed by atoms with Gasteiger partial charge in [-0.3, -0.25) is 0 Å². The number of amides is 1. The van der Waals surface area contributed by atoms with Crippen molar-refractivity contribution in [2.75, 3.05) is 19.7 Å². The predicted molar refractivity (Wildman–Crippen MR) is 146 cm³/mol. The molecular formula is C30H41F2N3O3. The minimum Gasteiger partial charge on any atom is -0.493 e. The fourth-order valence-electron chi connectivity index (χ4n) is 4.21. The van der Waals surface area contributed by atoms with Crippen LogP contribution in [0.3, 0.4) is 0 Å². The number of halogens is 2. The van der Waals surface area contributed by atoms with Crippen LogP contribution in [0.25, 0.3) is 0 Å². The summed E-state index contributed by atoms with van der Waals surface area (Å²) in [6, 6.07) is 13.5. The van der Waals surface area contributed by atoms with Gasteiger partial charge in [0.1, 0.15) is 23.3 Å². The maximum atomic E-state index is 15.6. The lowest BCUT2D eigenvalue weighted by Crippen LogP contribution is -2.55. The highest BCUT2D eigenvalue weighted by Crippen LogP contribution is 2.26. The van der Waals surface area contributed by atoms with Crippen LogP contribution in [0.5, 0.6) is 5.75 Å². The molecule has 2 unspecified atom stereocenters. The molecule has 208 valence electrons. The lowest BCUT2D eigenvalue weighted by molar-refractivity contribution is -0.00247. The summed E-state index contributed by atoms with van der Waals surface area (Å²) >= 11 is 0. The fraction of sp³-hybridized carbons (Fsp3) is 0.500. The standard InChI is InChI=1S/C30H41F2N3O3/c1-21(2)20-37-26-13-9-23(10-14-26)17-33-22(3)35(18-24-7-11-25(31)12-8-24)28-15-16-34(19-27(28)32)29(36)38-30(4,5)6/h7-14,21,27-28,33H,3,15-20H2,1-2,4-6H3. The van der Waals surface area contributed by atoms with Gasteiger partial charge in [0, 0.05) is 19.6 Å². The van der Waals surface area contributed by atoms with Crippen molar-refractivity contribution in [3.63, 3.8) is 0 Å². The summed E-state index contributed by atoms with van der Waals surface area (Å²) in [7, 11) is 0. The second kappa shape index (κ2) is 13.0. The molecule has 1 aliphatic heterocycles. The van der Waals surface area contributed by atoms with Crippen LogP contribution in [0, 0.1) is 11.7 Å². The lowest BCUT2D eigenvalue weighted by Gasteiger charge is -2.42. The Hall–Kier alpha value is -3.29. The normalized spacial score (nSPS) is 17.7. The van der Waals surface area contributed by atoms with Gasteiger partial charge in [-0.1, -0.05) is 44.7 Å². The Bertz CT molecular complexity index is 1050. The average molecular weight is 530 g/mol. The van der Waals surface area contributed by atoms with Gasteiger partial charge in [0.05, 0.1) is 25.0 Å². The van der Waals surface area contributed by atoms with E-state index in [0.29, 0.717) is 44.4 Å². The van der Waals surface area contributed by atoms with Gasteiger partial charge in [0.15, 0.2) is 0 Å². The van der Waals surface area contributed by atoms with E-state index in [0.717, 1.165) is 16.9 Å². The summed E-state index contributed by atoms with van der Waals surface area (Å²) in [6.45, 7) is 15.6. The molecule has 1 aliphatic rings. The molecular weight excluding hydrogens is 488 g/mol. The van der Waals surface area contributed by atoms with Gasteiger partial charge in [-0.05, 0) is 68.5 Å². The van der Waals surface area contributed by atoms with Crippen LogP contribution in [-0.2, 0) is 17.8 Å². The second-order valence-corrected chi connectivity index (χ2v) is 11.2. The second-order valence-electron chi connectivity index (χ2n) is 11.2. The van der Waals surface area contributed by atoms with Crippen molar-refractivity contribution in [2.45, 2.75) is 71.9 Å². The molecule has 1 fully saturated rings. The highest BCUT2D eigenvalue weighted by atomic mass is 19.1. The third-order valence-electron chi connectivity index (χ3n) is 6.18. The molecule has 2 aromatic rings. The van der Waals surface area contributed by atoms with Crippen LogP contribution in [0.2, 0.25) is 0 Å². The zero-order valence-corrected chi connectivity index (χ0v) is 23.2. The molecule has 1 amide bonds. The number of piperidine rings is 1. The molecule has 6 nitrogen and oxygen atoms in total. The molecule has 0 aliphatic carbocycles. The smallest absolute Gasteiger partial charge is 0.410 e. The minimum absolute atomic E-state index is 0.0649. The molecule has 0 spiro atoms. The van der Waals surface area contributed by atoms with E-state index in [4.69, 9.17) is 9.47 Å². The molecule has 0 bridgehead atoms. The van der Waals surface area contributed by atoms with Gasteiger partial charge in [0.2, 0.25) is 0 Å². The topological polar surface area (TPSA) is 54.0 Å². The molecule has 0 aromatic heterocycles. The van der Waals surface area contributed by atoms with Gasteiger partial charge < -0.3 is 24.6 Å². The molecule has 2 aromatic carbocycles. The first-order valence-electron chi connectivity index (χ1n) is 13.2. The van der Waals surface area contributed by atoms with Crippen LogP contribution in [-0.4, -0.2) is 53.4 Å². The molecule has 3 rings (SSSR count). The summed E-state index contributed by atoms with van der Waals surface area (Å²) in [6.07, 6.45) is -1.42. The number of carbonyl (C=O) groups is 1. The molecule has 0 radical (unpaired) electrons. The number of carbonyl (C=O) groups excluding carboxylic acids is 1. The molecule has 1 N–H and O–H groups in total. The largest absolute Gasteiger partial charge is 0.493 e. The van der Waals surface area contributed by atoms with Crippen molar-refractivity contribution < 1.29 is 23.0 Å². The number of hydrogen-bond acceptors (Lipinski definition) is 5. The summed E-state index contributed by atoms with van der Waals surface area (Å²) in [5.74, 6) is 1.50. The Labute approximate surface area is 225 Å². The number of benzene rings is 2. The number of ether oxygens (including phenoxy) is 2. The first-order valence-corrected chi connectivity index (χ1v) is 13.2. The van der Waals surface area contributed by atoms with Crippen molar-refractivity contribution in [2.24, 2.45) is 5.92 Å². The summed E-state index contributed by atoms with van der Waals surface area (Å²) in [5.41, 5.74) is 1.22. The summed E-state index contributed by atoms with van der Waals surface area (Å²) in [4.78, 5) is 15.8. The highest BCUT2D eigenvalue weighted by molar-refractivity contribution is 5.68. The van der Waals surface area contributed by atoms with E-state index in [1.54, 1.807) is 32.9 Å². The van der Waals surface area contributed by atoms with E-state index < -0.39 is 23.9 Å². The van der Waals surface area contributed by atoms with Gasteiger partial charge in [0.25, 0.3) is 0 Å². The number of alkyl halides is 1. The van der Waals surface area contributed by atoms with Crippen molar-refractivity contribution in [1.82, 2.24) is 15.1 Å². The first kappa shape index (κ1) is 29.3. The number of rotatable bonds is 10. The van der Waals surface area contributed by atoms with Crippen LogP contribution in [0.4, 0.5) is 13.6 Å². The van der Waals surface area contributed by atoms with E-state index in [2.05, 4.69) is 25.7 Å². The Morgan fingerprint density at radius 1 is 1.13 bits per heavy atom. The zero-order chi connectivity index (χ0) is 27.9. The number of nitrogens with one attached hydrogen (secondary N) is 1. The molecule has 38 heavy (non-hydrogen) atoms. The maximum Gasteiger partial charge on any atom is 0.410 e. The Kier molecular flexibility index (Phi) is 10.00. The maximum absolute atomic E-state index is 15.6. The van der Waals surface area contributed by atoms with E-state index >= 15 is 4.39 Å². The quantitative estimate of drug-likeness (QED) is 0.393. The molecule has 0 saturated carbocycles. The Morgan fingerprint density at radius 2 is 1.76 bits per heavy atom. The predicted octanol–water partition coefficient (Wildman–Crippen LogP) is 6.27. The highest BCUT2D eigenvalue weighted by Gasteiger charge is 2.37. The molecule has 1 saturated heterocycles. The van der Waals surface area contributed by atoms with Gasteiger partial charge in [-0.2, -0.15) is 0 Å². The lowest BCUT2D eigenvalue weighted by atomic mass is 10.0. The van der Waals surface area contributed by atoms with Gasteiger partial charge in [-0.25, -0.2) is 13.6 Å². The minimum atomic E-state index is -1.31. The Balaban J connectivity index is 1.68. The Morgan fingerprint density at radius 3 is 2.34 bits per heavy atom. The number of hydrogen-bond donors (Lipinski definition) is 1. The molecule has 2 atom stereocenters. The van der Waals surface area contributed by atoms with Crippen molar-refractivity contribution >= 4 is 6.09 Å². The fourth-order valence-corrected chi connectivity index (χ4v) is 4.21. The van der Waals surface area contributed by atoms with Gasteiger partial charge >= 0.3 is 6.09 Å². The van der Waals surface area contributed by atoms with E-state index in [1.807, 2.05) is 29.2 Å². The molecule has 1 heterocycles. The van der Waals surface area contributed by atoms with Crippen LogP contribution in [0.15, 0.2) is 60.9 Å². The summed E-state index contributed by atoms with van der Waals surface area (Å²) in [5, 5.41) is 3.33. The summed E-state index contributed by atoms with van der Waals surface area (Å²) < 4.78 is 40.3. The van der Waals surface area contributed by atoms with E-state index in [1.165, 1.54) is 17.0 Å². The monoisotopic (exact) mass is 529 g/mol. The van der Waals surface area contributed by atoms with Crippen LogP contribution >= 0.6 is 0 Å². The first-order chi connectivity index (χ1) is 17.9. The van der Waals surface area contributed by atoms with Crippen molar-refractivity contribution in [3.8, 4) is 5.75 Å². The number of likely N-dealkylation sites (tertiary alicyclic amines) is 1. The van der Waals surface area contributed by atoms with E-state index in [-0.39, 0.29) is 12.4 Å². The van der Waals surface area contributed by atoms with Crippen LogP contribution in [0.1, 0.15) is 52.2 Å². The average Bonchev–Trinajstić information content (AvgIpc) is 2.85. The SMILES string of the molecule is C=C(NCc1ccc(OCC(C)C)cc1)N(Cc1ccc(F)cc1)C1CCN(C(=O)OC(C)(C)C)CC1F. The third-order valence-corrected chi connectivity index (χ3v) is 6.18. The molecule has 8 heteroatoms. The van der Waals surface area contributed by atoms with Gasteiger partial charge in [-0.15, -0.1) is 0 Å². The zero-order valence-electron chi connectivity index (χ0n) is 23.2. The number of nitrogens with zero attached hydrogens (tertiary/aromatic N) is 2. The third kappa shape index (κ3) is 8.92.